The molecule has 0 saturated heterocycles. The van der Waals surface area contributed by atoms with Crippen LogP contribution in [0.3, 0.4) is 0 Å². The van der Waals surface area contributed by atoms with Crippen LogP contribution in [0.4, 0.5) is 5.69 Å². The summed E-state index contributed by atoms with van der Waals surface area (Å²) in [6.07, 6.45) is 1.88. The number of hydrogen-bond acceptors (Lipinski definition) is 3. The van der Waals surface area contributed by atoms with E-state index in [4.69, 9.17) is 11.6 Å². The summed E-state index contributed by atoms with van der Waals surface area (Å²) >= 11 is 5.81. The Morgan fingerprint density at radius 2 is 2.12 bits per heavy atom. The molecule has 0 amide bonds. The summed E-state index contributed by atoms with van der Waals surface area (Å²) in [6, 6.07) is 3.73. The first-order valence-electron chi connectivity index (χ1n) is 5.42. The second kappa shape index (κ2) is 4.75. The number of anilines is 1. The summed E-state index contributed by atoms with van der Waals surface area (Å²) in [5, 5.41) is 8.06. The van der Waals surface area contributed by atoms with Crippen LogP contribution in [0.5, 0.6) is 0 Å². The van der Waals surface area contributed by atoms with Gasteiger partial charge in [0.1, 0.15) is 5.15 Å². The summed E-state index contributed by atoms with van der Waals surface area (Å²) in [5.41, 5.74) is 4.25. The van der Waals surface area contributed by atoms with E-state index in [1.165, 1.54) is 5.56 Å². The summed E-state index contributed by atoms with van der Waals surface area (Å²) < 4.78 is 1.87. The average Bonchev–Trinajstić information content (AvgIpc) is 2.59. The van der Waals surface area contributed by atoms with Gasteiger partial charge in [0.15, 0.2) is 0 Å². The minimum Gasteiger partial charge on any atom is -0.379 e. The van der Waals surface area contributed by atoms with E-state index in [-0.39, 0.29) is 0 Å². The van der Waals surface area contributed by atoms with Crippen molar-refractivity contribution in [2.75, 3.05) is 5.32 Å². The van der Waals surface area contributed by atoms with E-state index in [9.17, 15) is 0 Å². The van der Waals surface area contributed by atoms with Gasteiger partial charge in [0, 0.05) is 24.8 Å². The van der Waals surface area contributed by atoms with Crippen molar-refractivity contribution in [1.29, 1.82) is 0 Å². The van der Waals surface area contributed by atoms with Crippen molar-refractivity contribution in [2.45, 2.75) is 20.4 Å². The molecule has 0 aromatic carbocycles. The van der Waals surface area contributed by atoms with Gasteiger partial charge < -0.3 is 5.32 Å². The maximum Gasteiger partial charge on any atom is 0.129 e. The Kier molecular flexibility index (Phi) is 3.33. The van der Waals surface area contributed by atoms with Crippen molar-refractivity contribution in [2.24, 2.45) is 7.05 Å². The molecule has 4 nitrogen and oxygen atoms in total. The average molecular weight is 251 g/mol. The molecule has 5 heteroatoms. The van der Waals surface area contributed by atoms with Crippen molar-refractivity contribution < 1.29 is 0 Å². The zero-order chi connectivity index (χ0) is 12.4. The Labute approximate surface area is 106 Å². The zero-order valence-electron chi connectivity index (χ0n) is 10.2. The molecule has 0 bridgehead atoms. The predicted molar refractivity (Wildman–Crippen MR) is 69.3 cm³/mol. The second-order valence-electron chi connectivity index (χ2n) is 4.00. The van der Waals surface area contributed by atoms with Gasteiger partial charge in [0.05, 0.1) is 17.6 Å². The van der Waals surface area contributed by atoms with Crippen LogP contribution >= 0.6 is 11.6 Å². The molecule has 0 atom stereocenters. The Bertz CT molecular complexity index is 533. The molecule has 0 aliphatic carbocycles. The fourth-order valence-electron chi connectivity index (χ4n) is 1.63. The van der Waals surface area contributed by atoms with Gasteiger partial charge in [-0.05, 0) is 26.0 Å². The molecule has 17 heavy (non-hydrogen) atoms. The van der Waals surface area contributed by atoms with Gasteiger partial charge >= 0.3 is 0 Å². The van der Waals surface area contributed by atoms with Gasteiger partial charge in [-0.15, -0.1) is 0 Å². The van der Waals surface area contributed by atoms with E-state index in [0.29, 0.717) is 5.15 Å². The molecule has 0 aliphatic heterocycles. The molecule has 0 saturated carbocycles. The number of halogens is 1. The van der Waals surface area contributed by atoms with E-state index in [2.05, 4.69) is 22.3 Å². The van der Waals surface area contributed by atoms with Crippen molar-refractivity contribution in [3.8, 4) is 0 Å². The van der Waals surface area contributed by atoms with Crippen molar-refractivity contribution in [3.05, 3.63) is 40.4 Å². The first-order chi connectivity index (χ1) is 8.08. The monoisotopic (exact) mass is 250 g/mol. The van der Waals surface area contributed by atoms with E-state index < -0.39 is 0 Å². The SMILES string of the molecule is Cc1nc(Cl)ccc1NCc1cnn(C)c1C. The van der Waals surface area contributed by atoms with Crippen LogP contribution in [0.2, 0.25) is 5.15 Å². The quantitative estimate of drug-likeness (QED) is 0.852. The van der Waals surface area contributed by atoms with Gasteiger partial charge in [-0.2, -0.15) is 5.10 Å². The summed E-state index contributed by atoms with van der Waals surface area (Å²) in [4.78, 5) is 4.20. The molecule has 0 radical (unpaired) electrons. The first-order valence-corrected chi connectivity index (χ1v) is 5.80. The molecule has 90 valence electrons. The molecule has 2 heterocycles. The van der Waals surface area contributed by atoms with Gasteiger partial charge in [-0.25, -0.2) is 4.98 Å². The van der Waals surface area contributed by atoms with E-state index in [1.54, 1.807) is 6.07 Å². The minimum absolute atomic E-state index is 0.519. The molecule has 0 spiro atoms. The summed E-state index contributed by atoms with van der Waals surface area (Å²) in [6.45, 7) is 4.73. The molecule has 0 aliphatic rings. The van der Waals surface area contributed by atoms with Crippen LogP contribution in [-0.4, -0.2) is 14.8 Å². The maximum absolute atomic E-state index is 5.81. The molecule has 2 rings (SSSR count). The molecule has 0 fully saturated rings. The lowest BCUT2D eigenvalue weighted by atomic mass is 10.2. The van der Waals surface area contributed by atoms with E-state index in [1.807, 2.05) is 30.9 Å². The van der Waals surface area contributed by atoms with Crippen molar-refractivity contribution >= 4 is 17.3 Å². The van der Waals surface area contributed by atoms with Gasteiger partial charge in [0.25, 0.3) is 0 Å². The molecule has 1 N–H and O–H groups in total. The molecule has 2 aromatic heterocycles. The first kappa shape index (κ1) is 11.9. The van der Waals surface area contributed by atoms with Crippen LogP contribution in [0.25, 0.3) is 0 Å². The Balaban J connectivity index is 2.10. The fraction of sp³-hybridized carbons (Fsp3) is 0.333. The second-order valence-corrected chi connectivity index (χ2v) is 4.39. The van der Waals surface area contributed by atoms with Crippen LogP contribution in [0.1, 0.15) is 17.0 Å². The number of aromatic nitrogens is 3. The standard InChI is InChI=1S/C12H15ClN4/c1-8-11(4-5-12(13)16-8)14-6-10-7-15-17(3)9(10)2/h4-5,7,14H,6H2,1-3H3. The predicted octanol–water partition coefficient (Wildman–Crippen LogP) is 2.70. The normalized spacial score (nSPS) is 10.6. The highest BCUT2D eigenvalue weighted by atomic mass is 35.5. The van der Waals surface area contributed by atoms with Gasteiger partial charge in [-0.3, -0.25) is 4.68 Å². The topological polar surface area (TPSA) is 42.7 Å². The number of hydrogen-bond donors (Lipinski definition) is 1. The lowest BCUT2D eigenvalue weighted by Crippen LogP contribution is -2.03. The third-order valence-corrected chi connectivity index (χ3v) is 3.07. The van der Waals surface area contributed by atoms with Crippen LogP contribution < -0.4 is 5.32 Å². The van der Waals surface area contributed by atoms with E-state index >= 15 is 0 Å². The Morgan fingerprint density at radius 3 is 2.71 bits per heavy atom. The smallest absolute Gasteiger partial charge is 0.129 e. The van der Waals surface area contributed by atoms with Crippen LogP contribution in [0.15, 0.2) is 18.3 Å². The summed E-state index contributed by atoms with van der Waals surface area (Å²) in [5.74, 6) is 0. The third-order valence-electron chi connectivity index (χ3n) is 2.86. The maximum atomic E-state index is 5.81. The molecule has 2 aromatic rings. The van der Waals surface area contributed by atoms with Gasteiger partial charge in [0.2, 0.25) is 0 Å². The van der Waals surface area contributed by atoms with Gasteiger partial charge in [-0.1, -0.05) is 11.6 Å². The van der Waals surface area contributed by atoms with Crippen molar-refractivity contribution in [3.63, 3.8) is 0 Å². The number of rotatable bonds is 3. The Hall–Kier alpha value is -1.55. The molecule has 0 unspecified atom stereocenters. The van der Waals surface area contributed by atoms with E-state index in [0.717, 1.165) is 23.6 Å². The number of pyridine rings is 1. The van der Waals surface area contributed by atoms with Crippen LogP contribution in [0, 0.1) is 13.8 Å². The Morgan fingerprint density at radius 1 is 1.35 bits per heavy atom. The molecular formula is C12H15ClN4. The minimum atomic E-state index is 0.519. The van der Waals surface area contributed by atoms with Crippen LogP contribution in [-0.2, 0) is 13.6 Å². The largest absolute Gasteiger partial charge is 0.379 e. The third kappa shape index (κ3) is 2.58. The zero-order valence-corrected chi connectivity index (χ0v) is 10.9. The highest BCUT2D eigenvalue weighted by Crippen LogP contribution is 2.17. The molecular weight excluding hydrogens is 236 g/mol. The number of nitrogens with zero attached hydrogens (tertiary/aromatic N) is 3. The lowest BCUT2D eigenvalue weighted by molar-refractivity contribution is 0.738. The fourth-order valence-corrected chi connectivity index (χ4v) is 1.82. The number of nitrogens with one attached hydrogen (secondary N) is 1. The highest BCUT2D eigenvalue weighted by molar-refractivity contribution is 6.29. The number of aryl methyl sites for hydroxylation is 2. The van der Waals surface area contributed by atoms with Crippen molar-refractivity contribution in [1.82, 2.24) is 14.8 Å². The lowest BCUT2D eigenvalue weighted by Gasteiger charge is -2.08. The highest BCUT2D eigenvalue weighted by Gasteiger charge is 2.05. The summed E-state index contributed by atoms with van der Waals surface area (Å²) in [7, 11) is 1.94.